The first-order chi connectivity index (χ1) is 5.57. The maximum atomic E-state index is 11.5. The largest absolute Gasteiger partial charge is 0.307 e. The molecule has 2 atom stereocenters. The minimum atomic E-state index is -0.583. The van der Waals surface area contributed by atoms with Gasteiger partial charge in [0.25, 0.3) is 0 Å². The van der Waals surface area contributed by atoms with Gasteiger partial charge in [-0.1, -0.05) is 0 Å². The molecule has 2 fully saturated rings. The third-order valence-electron chi connectivity index (χ3n) is 2.65. The summed E-state index contributed by atoms with van der Waals surface area (Å²) in [6.07, 6.45) is 2.68. The summed E-state index contributed by atoms with van der Waals surface area (Å²) >= 11 is 0. The molecule has 0 aromatic rings. The summed E-state index contributed by atoms with van der Waals surface area (Å²) < 4.78 is 11.5. The van der Waals surface area contributed by atoms with Gasteiger partial charge < -0.3 is 5.32 Å². The van der Waals surface area contributed by atoms with E-state index < -0.39 is 10.8 Å². The molecule has 0 aromatic carbocycles. The van der Waals surface area contributed by atoms with Crippen molar-refractivity contribution in [2.75, 3.05) is 11.5 Å². The fourth-order valence-corrected chi connectivity index (χ4v) is 3.76. The summed E-state index contributed by atoms with van der Waals surface area (Å²) in [5.74, 6) is 2.53. The van der Waals surface area contributed by atoms with E-state index >= 15 is 0 Å². The Morgan fingerprint density at radius 1 is 1.42 bits per heavy atom. The molecule has 1 heterocycles. The Hall–Kier alpha value is 0.110. The third-order valence-corrected chi connectivity index (χ3v) is 4.43. The molecule has 2 aliphatic rings. The highest BCUT2D eigenvalue weighted by atomic mass is 32.2. The molecule has 1 saturated heterocycles. The van der Waals surface area contributed by atoms with Gasteiger partial charge in [0.15, 0.2) is 0 Å². The average molecular weight is 187 g/mol. The zero-order valence-electron chi connectivity index (χ0n) is 7.80. The van der Waals surface area contributed by atoms with Crippen molar-refractivity contribution in [1.82, 2.24) is 5.32 Å². The lowest BCUT2D eigenvalue weighted by atomic mass is 10.0. The smallest absolute Gasteiger partial charge is 0.0412 e. The number of hydrogen-bond donors (Lipinski definition) is 1. The Balaban J connectivity index is 2.02. The van der Waals surface area contributed by atoms with Crippen LogP contribution in [0.2, 0.25) is 0 Å². The van der Waals surface area contributed by atoms with Crippen molar-refractivity contribution >= 4 is 10.8 Å². The fraction of sp³-hybridized carbons (Fsp3) is 1.00. The van der Waals surface area contributed by atoms with E-state index in [1.165, 1.54) is 12.8 Å². The maximum absolute atomic E-state index is 11.5. The van der Waals surface area contributed by atoms with Crippen molar-refractivity contribution in [1.29, 1.82) is 0 Å². The quantitative estimate of drug-likeness (QED) is 0.660. The van der Waals surface area contributed by atoms with E-state index in [1.54, 1.807) is 0 Å². The van der Waals surface area contributed by atoms with Crippen LogP contribution in [-0.2, 0) is 10.8 Å². The van der Waals surface area contributed by atoms with Crippen molar-refractivity contribution < 1.29 is 4.21 Å². The van der Waals surface area contributed by atoms with Crippen molar-refractivity contribution in [2.24, 2.45) is 5.92 Å². The maximum Gasteiger partial charge on any atom is 0.0412 e. The highest BCUT2D eigenvalue weighted by molar-refractivity contribution is 7.85. The van der Waals surface area contributed by atoms with E-state index in [-0.39, 0.29) is 5.54 Å². The van der Waals surface area contributed by atoms with Crippen molar-refractivity contribution in [2.45, 2.75) is 38.3 Å². The van der Waals surface area contributed by atoms with Gasteiger partial charge in [0.2, 0.25) is 0 Å². The van der Waals surface area contributed by atoms with Gasteiger partial charge in [-0.25, -0.2) is 0 Å². The summed E-state index contributed by atoms with van der Waals surface area (Å²) in [5, 5.41) is 3.59. The SMILES string of the molecule is CC1(C)CS(=O)CC(C2CC2)N1. The molecule has 1 saturated carbocycles. The summed E-state index contributed by atoms with van der Waals surface area (Å²) in [7, 11) is -0.583. The lowest BCUT2D eigenvalue weighted by molar-refractivity contribution is 0.342. The Morgan fingerprint density at radius 3 is 2.58 bits per heavy atom. The first-order valence-electron chi connectivity index (χ1n) is 4.69. The van der Waals surface area contributed by atoms with Crippen LogP contribution in [0.4, 0.5) is 0 Å². The molecule has 3 heteroatoms. The standard InChI is InChI=1S/C9H17NOS/c1-9(2)6-12(11)5-8(10-9)7-3-4-7/h7-8,10H,3-6H2,1-2H3. The number of nitrogens with one attached hydrogen (secondary N) is 1. The van der Waals surface area contributed by atoms with Gasteiger partial charge in [-0.2, -0.15) is 0 Å². The van der Waals surface area contributed by atoms with E-state index in [2.05, 4.69) is 19.2 Å². The van der Waals surface area contributed by atoms with Gasteiger partial charge >= 0.3 is 0 Å². The molecule has 0 bridgehead atoms. The summed E-state index contributed by atoms with van der Waals surface area (Å²) in [5.41, 5.74) is 0.0936. The van der Waals surface area contributed by atoms with Crippen LogP contribution < -0.4 is 5.32 Å². The van der Waals surface area contributed by atoms with Crippen LogP contribution in [-0.4, -0.2) is 27.3 Å². The predicted octanol–water partition coefficient (Wildman–Crippen LogP) is 0.895. The molecule has 70 valence electrons. The topological polar surface area (TPSA) is 29.1 Å². The van der Waals surface area contributed by atoms with Gasteiger partial charge in [0, 0.05) is 33.9 Å². The predicted molar refractivity (Wildman–Crippen MR) is 51.6 cm³/mol. The van der Waals surface area contributed by atoms with Gasteiger partial charge in [-0.05, 0) is 32.6 Å². The normalized spacial score (nSPS) is 41.2. The Labute approximate surface area is 76.6 Å². The zero-order valence-corrected chi connectivity index (χ0v) is 8.62. The third kappa shape index (κ3) is 1.88. The van der Waals surface area contributed by atoms with Gasteiger partial charge in [-0.15, -0.1) is 0 Å². The van der Waals surface area contributed by atoms with Crippen molar-refractivity contribution in [3.8, 4) is 0 Å². The molecule has 0 aromatic heterocycles. The van der Waals surface area contributed by atoms with Crippen LogP contribution >= 0.6 is 0 Å². The summed E-state index contributed by atoms with van der Waals surface area (Å²) in [6.45, 7) is 4.30. The molecule has 1 N–H and O–H groups in total. The molecule has 0 amide bonds. The molecule has 12 heavy (non-hydrogen) atoms. The molecule has 2 rings (SSSR count). The minimum Gasteiger partial charge on any atom is -0.307 e. The van der Waals surface area contributed by atoms with Crippen LogP contribution in [0.25, 0.3) is 0 Å². The molecule has 1 aliphatic carbocycles. The molecule has 2 nitrogen and oxygen atoms in total. The van der Waals surface area contributed by atoms with Gasteiger partial charge in [0.05, 0.1) is 0 Å². The summed E-state index contributed by atoms with van der Waals surface area (Å²) in [6, 6.07) is 0.537. The van der Waals surface area contributed by atoms with Gasteiger partial charge in [0.1, 0.15) is 0 Å². The second-order valence-corrected chi connectivity index (χ2v) is 6.22. The summed E-state index contributed by atoms with van der Waals surface area (Å²) in [4.78, 5) is 0. The first-order valence-corrected chi connectivity index (χ1v) is 6.18. The second kappa shape index (κ2) is 2.81. The molecule has 0 radical (unpaired) electrons. The molecular weight excluding hydrogens is 170 g/mol. The lowest BCUT2D eigenvalue weighted by Crippen LogP contribution is -2.57. The van der Waals surface area contributed by atoms with E-state index in [0.29, 0.717) is 6.04 Å². The van der Waals surface area contributed by atoms with Crippen molar-refractivity contribution in [3.05, 3.63) is 0 Å². The highest BCUT2D eigenvalue weighted by Crippen LogP contribution is 2.35. The fourth-order valence-electron chi connectivity index (χ4n) is 2.00. The highest BCUT2D eigenvalue weighted by Gasteiger charge is 2.39. The van der Waals surface area contributed by atoms with Gasteiger partial charge in [-0.3, -0.25) is 4.21 Å². The van der Waals surface area contributed by atoms with E-state index in [1.807, 2.05) is 0 Å². The molecule has 2 unspecified atom stereocenters. The Kier molecular flexibility index (Phi) is 2.04. The van der Waals surface area contributed by atoms with Crippen LogP contribution in [0.5, 0.6) is 0 Å². The van der Waals surface area contributed by atoms with Crippen LogP contribution in [0.1, 0.15) is 26.7 Å². The number of hydrogen-bond acceptors (Lipinski definition) is 2. The van der Waals surface area contributed by atoms with E-state index in [9.17, 15) is 4.21 Å². The Morgan fingerprint density at radius 2 is 2.08 bits per heavy atom. The first kappa shape index (κ1) is 8.70. The van der Waals surface area contributed by atoms with E-state index in [0.717, 1.165) is 17.4 Å². The molecule has 1 aliphatic heterocycles. The number of rotatable bonds is 1. The average Bonchev–Trinajstić information content (AvgIpc) is 2.61. The molecular formula is C9H17NOS. The monoisotopic (exact) mass is 187 g/mol. The van der Waals surface area contributed by atoms with E-state index in [4.69, 9.17) is 0 Å². The lowest BCUT2D eigenvalue weighted by Gasteiger charge is -2.36. The Bertz CT molecular complexity index is 211. The van der Waals surface area contributed by atoms with Crippen LogP contribution in [0, 0.1) is 5.92 Å². The minimum absolute atomic E-state index is 0.0936. The van der Waals surface area contributed by atoms with Crippen LogP contribution in [0.3, 0.4) is 0 Å². The zero-order chi connectivity index (χ0) is 8.77. The molecule has 0 spiro atoms. The van der Waals surface area contributed by atoms with Crippen LogP contribution in [0.15, 0.2) is 0 Å². The second-order valence-electron chi connectivity index (χ2n) is 4.72. The van der Waals surface area contributed by atoms with Crippen molar-refractivity contribution in [3.63, 3.8) is 0 Å².